The van der Waals surface area contributed by atoms with Gasteiger partial charge in [0.2, 0.25) is 5.82 Å². The Morgan fingerprint density at radius 1 is 0.886 bits per heavy atom. The number of oxime groups is 1. The first-order valence-corrected chi connectivity index (χ1v) is 14.0. The lowest BCUT2D eigenvalue weighted by molar-refractivity contribution is -0.135. The number of allylic oxidation sites excluding steroid dienone is 6. The molecule has 0 aliphatic heterocycles. The van der Waals surface area contributed by atoms with Crippen molar-refractivity contribution in [2.45, 2.75) is 71.2 Å². The number of rotatable bonds is 12. The number of hydrogen-bond acceptors (Lipinski definition) is 4. The molecule has 0 radical (unpaired) electrons. The van der Waals surface area contributed by atoms with Gasteiger partial charge in [-0.05, 0) is 43.5 Å². The van der Waals surface area contributed by atoms with Gasteiger partial charge in [-0.3, -0.25) is 4.79 Å². The molecule has 0 fully saturated rings. The van der Waals surface area contributed by atoms with Gasteiger partial charge in [-0.2, -0.15) is 0 Å². The normalized spacial score (nSPS) is 13.1. The molecule has 0 N–H and O–H groups in total. The monoisotopic (exact) mass is 517 g/mol. The number of nitrogens with zero attached hydrogens (tertiary/aromatic N) is 1. The van der Waals surface area contributed by atoms with E-state index in [4.69, 9.17) is 4.43 Å². The zero-order chi connectivity index (χ0) is 26.6. The minimum absolute atomic E-state index is 0.00749. The average Bonchev–Trinajstić information content (AvgIpc) is 2.77. The van der Waals surface area contributed by atoms with E-state index in [1.54, 1.807) is 12.2 Å². The second-order valence-corrected chi connectivity index (χ2v) is 13.9. The van der Waals surface area contributed by atoms with E-state index in [1.165, 1.54) is 6.08 Å². The first-order valence-electron chi connectivity index (χ1n) is 11.1. The van der Waals surface area contributed by atoms with Crippen molar-refractivity contribution in [3.8, 4) is 0 Å². The molecule has 35 heavy (non-hydrogen) atoms. The summed E-state index contributed by atoms with van der Waals surface area (Å²) in [7, 11) is -2.07. The van der Waals surface area contributed by atoms with E-state index in [1.807, 2.05) is 31.3 Å². The van der Waals surface area contributed by atoms with Crippen LogP contribution in [0, 0.1) is 29.1 Å². The predicted octanol–water partition coefficient (Wildman–Crippen LogP) is 7.66. The number of carbonyl (C=O) groups excluding carboxylic acids is 1. The van der Waals surface area contributed by atoms with Gasteiger partial charge in [0, 0.05) is 6.42 Å². The minimum Gasteiger partial charge on any atom is -0.519 e. The standard InChI is InChI=1S/C25H32F5NO3Si/c1-25(2,3)35(4,5)34-19(32)15-13-11-9-7-6-8-10-12-14-16-31-33-17-18-20(26)22(28)24(30)23(29)21(18)27/h7-10,12,14,16H,6,11,13,15,17H2,1-5H3/b9-7-,10-8-,14-12+,31-16+. The lowest BCUT2D eigenvalue weighted by Gasteiger charge is -2.35. The quantitative estimate of drug-likeness (QED) is 0.0329. The van der Waals surface area contributed by atoms with E-state index in [2.05, 4.69) is 30.8 Å². The van der Waals surface area contributed by atoms with Gasteiger partial charge >= 0.3 is 0 Å². The molecule has 1 aromatic rings. The summed E-state index contributed by atoms with van der Waals surface area (Å²) in [4.78, 5) is 16.6. The molecule has 0 aromatic heterocycles. The Kier molecular flexibility index (Phi) is 12.1. The topological polar surface area (TPSA) is 47.9 Å². The molecule has 0 unspecified atom stereocenters. The third-order valence-electron chi connectivity index (χ3n) is 5.46. The van der Waals surface area contributed by atoms with Crippen molar-refractivity contribution < 1.29 is 36.0 Å². The molecule has 194 valence electrons. The maximum Gasteiger partial charge on any atom is 0.292 e. The Labute approximate surface area is 204 Å². The molecule has 0 heterocycles. The van der Waals surface area contributed by atoms with Crippen molar-refractivity contribution in [3.05, 3.63) is 71.1 Å². The van der Waals surface area contributed by atoms with Crippen LogP contribution in [0.1, 0.15) is 52.0 Å². The van der Waals surface area contributed by atoms with Gasteiger partial charge in [0.25, 0.3) is 14.3 Å². The highest BCUT2D eigenvalue weighted by Gasteiger charge is 2.40. The molecular formula is C25H32F5NO3Si. The van der Waals surface area contributed by atoms with Crippen molar-refractivity contribution in [2.24, 2.45) is 5.16 Å². The van der Waals surface area contributed by atoms with E-state index >= 15 is 0 Å². The Balaban J connectivity index is 2.27. The molecule has 0 spiro atoms. The van der Waals surface area contributed by atoms with Crippen LogP contribution in [0.15, 0.2) is 41.6 Å². The van der Waals surface area contributed by atoms with Crippen LogP contribution in [-0.2, 0) is 20.7 Å². The Morgan fingerprint density at radius 3 is 2.09 bits per heavy atom. The number of carbonyl (C=O) groups is 1. The molecule has 0 aliphatic carbocycles. The van der Waals surface area contributed by atoms with E-state index in [-0.39, 0.29) is 11.0 Å². The maximum absolute atomic E-state index is 13.5. The van der Waals surface area contributed by atoms with Crippen molar-refractivity contribution in [3.63, 3.8) is 0 Å². The largest absolute Gasteiger partial charge is 0.519 e. The number of halogens is 5. The smallest absolute Gasteiger partial charge is 0.292 e. The van der Waals surface area contributed by atoms with Gasteiger partial charge in [-0.25, -0.2) is 22.0 Å². The predicted molar refractivity (Wildman–Crippen MR) is 129 cm³/mol. The second kappa shape index (κ2) is 14.0. The highest BCUT2D eigenvalue weighted by Crippen LogP contribution is 2.36. The third kappa shape index (κ3) is 9.79. The lowest BCUT2D eigenvalue weighted by atomic mass is 10.2. The molecule has 1 rings (SSSR count). The molecule has 1 aromatic carbocycles. The fourth-order valence-electron chi connectivity index (χ4n) is 2.37. The van der Waals surface area contributed by atoms with Crippen LogP contribution in [0.4, 0.5) is 22.0 Å². The first kappa shape index (κ1) is 30.3. The lowest BCUT2D eigenvalue weighted by Crippen LogP contribution is -2.42. The summed E-state index contributed by atoms with van der Waals surface area (Å²) in [6, 6.07) is 0. The Hall–Kier alpha value is -2.75. The minimum atomic E-state index is -2.22. The summed E-state index contributed by atoms with van der Waals surface area (Å²) in [6.45, 7) is 9.45. The second-order valence-electron chi connectivity index (χ2n) is 9.22. The summed E-state index contributed by atoms with van der Waals surface area (Å²) in [5.74, 6) is -10.3. The SMILES string of the molecule is CC(C)(C)[Si](C)(C)OC(=O)CCC/C=C\C\C=C/C=C/C=N/OCc1c(F)c(F)c(F)c(F)c1F. The summed E-state index contributed by atoms with van der Waals surface area (Å²) >= 11 is 0. The van der Waals surface area contributed by atoms with Crippen LogP contribution in [0.25, 0.3) is 0 Å². The average molecular weight is 518 g/mol. The molecule has 0 aliphatic rings. The number of benzene rings is 1. The Morgan fingerprint density at radius 2 is 1.49 bits per heavy atom. The summed E-state index contributed by atoms with van der Waals surface area (Å²) in [5, 5.41) is 3.37. The molecular weight excluding hydrogens is 485 g/mol. The summed E-state index contributed by atoms with van der Waals surface area (Å²) in [6.07, 6.45) is 14.3. The number of unbranched alkanes of at least 4 members (excludes halogenated alkanes) is 1. The highest BCUT2D eigenvalue weighted by atomic mass is 28.4. The zero-order valence-corrected chi connectivity index (χ0v) is 21.6. The van der Waals surface area contributed by atoms with Crippen molar-refractivity contribution in [2.75, 3.05) is 0 Å². The van der Waals surface area contributed by atoms with Gasteiger partial charge in [0.05, 0.1) is 11.8 Å². The van der Waals surface area contributed by atoms with E-state index in [0.29, 0.717) is 12.8 Å². The number of hydrogen-bond donors (Lipinski definition) is 0. The van der Waals surface area contributed by atoms with Gasteiger partial charge in [0.1, 0.15) is 6.61 Å². The summed E-state index contributed by atoms with van der Waals surface area (Å²) < 4.78 is 71.8. The van der Waals surface area contributed by atoms with Crippen LogP contribution in [0.3, 0.4) is 0 Å². The van der Waals surface area contributed by atoms with Gasteiger partial charge < -0.3 is 9.26 Å². The van der Waals surface area contributed by atoms with Crippen molar-refractivity contribution in [1.82, 2.24) is 0 Å². The van der Waals surface area contributed by atoms with E-state index in [9.17, 15) is 26.7 Å². The molecule has 0 bridgehead atoms. The molecule has 0 amide bonds. The van der Waals surface area contributed by atoms with Gasteiger partial charge in [-0.15, -0.1) is 0 Å². The zero-order valence-electron chi connectivity index (χ0n) is 20.6. The van der Waals surface area contributed by atoms with Crippen LogP contribution in [0.5, 0.6) is 0 Å². The van der Waals surface area contributed by atoms with Crippen LogP contribution in [0.2, 0.25) is 18.1 Å². The van der Waals surface area contributed by atoms with Crippen LogP contribution in [-0.4, -0.2) is 20.5 Å². The molecule has 0 saturated heterocycles. The van der Waals surface area contributed by atoms with E-state index in [0.717, 1.165) is 19.1 Å². The molecule has 4 nitrogen and oxygen atoms in total. The van der Waals surface area contributed by atoms with E-state index < -0.39 is 49.6 Å². The van der Waals surface area contributed by atoms with Crippen molar-refractivity contribution in [1.29, 1.82) is 0 Å². The first-order chi connectivity index (χ1) is 16.3. The third-order valence-corrected chi connectivity index (χ3v) is 9.81. The van der Waals surface area contributed by atoms with Crippen molar-refractivity contribution >= 4 is 20.5 Å². The van der Waals surface area contributed by atoms with Gasteiger partial charge in [0.15, 0.2) is 23.3 Å². The van der Waals surface area contributed by atoms with Crippen LogP contribution >= 0.6 is 0 Å². The van der Waals surface area contributed by atoms with Crippen LogP contribution < -0.4 is 0 Å². The molecule has 0 atom stereocenters. The Bertz CT molecular complexity index is 953. The maximum atomic E-state index is 13.5. The molecule has 10 heteroatoms. The van der Waals surface area contributed by atoms with Gasteiger partial charge in [-0.1, -0.05) is 56.3 Å². The highest BCUT2D eigenvalue weighted by molar-refractivity contribution is 6.75. The summed E-state index contributed by atoms with van der Waals surface area (Å²) in [5.41, 5.74) is -1.10. The fourth-order valence-corrected chi connectivity index (χ4v) is 3.35. The molecule has 0 saturated carbocycles. The fraction of sp³-hybridized carbons (Fsp3) is 0.440.